The third-order valence-electron chi connectivity index (χ3n) is 5.14. The van der Waals surface area contributed by atoms with Gasteiger partial charge >= 0.3 is 5.69 Å². The topological polar surface area (TPSA) is 102 Å². The summed E-state index contributed by atoms with van der Waals surface area (Å²) in [6.45, 7) is 4.93. The average Bonchev–Trinajstić information content (AvgIpc) is 3.24. The lowest BCUT2D eigenvalue weighted by Gasteiger charge is -2.14. The number of thiophene rings is 1. The van der Waals surface area contributed by atoms with Crippen LogP contribution in [0.15, 0.2) is 63.5 Å². The number of hydrogen-bond acceptors (Lipinski definition) is 5. The monoisotopic (exact) mass is 462 g/mol. The standard InChI is InChI=1S/C24H22N4O4S/c1-14-4-9-19(15(2)12-14)28-23(31)22-20(10-11-33-22)27(24(28)32)13-21(30)26-18-7-5-17(6-8-18)25-16(3)29/h4-12H,13H2,1-3H3,(H,25,29)(H,26,30). The quantitative estimate of drug-likeness (QED) is 0.474. The molecule has 0 aliphatic heterocycles. The van der Waals surface area contributed by atoms with Gasteiger partial charge in [0.25, 0.3) is 5.56 Å². The van der Waals surface area contributed by atoms with Crippen molar-refractivity contribution in [2.75, 3.05) is 10.6 Å². The number of carbonyl (C=O) groups excluding carboxylic acids is 2. The van der Waals surface area contributed by atoms with Gasteiger partial charge in [-0.2, -0.15) is 0 Å². The van der Waals surface area contributed by atoms with E-state index in [9.17, 15) is 19.2 Å². The highest BCUT2D eigenvalue weighted by Gasteiger charge is 2.18. The molecule has 0 fully saturated rings. The molecule has 0 aliphatic carbocycles. The van der Waals surface area contributed by atoms with E-state index in [1.54, 1.807) is 41.8 Å². The molecular weight excluding hydrogens is 440 g/mol. The van der Waals surface area contributed by atoms with Crippen molar-refractivity contribution in [3.63, 3.8) is 0 Å². The zero-order valence-corrected chi connectivity index (χ0v) is 19.2. The molecule has 4 rings (SSSR count). The molecule has 2 aromatic carbocycles. The van der Waals surface area contributed by atoms with Gasteiger partial charge in [0, 0.05) is 18.3 Å². The van der Waals surface area contributed by atoms with Gasteiger partial charge in [0.05, 0.1) is 11.2 Å². The Balaban J connectivity index is 1.70. The Morgan fingerprint density at radius 2 is 1.61 bits per heavy atom. The fraction of sp³-hybridized carbons (Fsp3) is 0.167. The number of aromatic nitrogens is 2. The van der Waals surface area contributed by atoms with Gasteiger partial charge in [0.15, 0.2) is 0 Å². The Morgan fingerprint density at radius 3 is 2.24 bits per heavy atom. The predicted octanol–water partition coefficient (Wildman–Crippen LogP) is 3.43. The molecule has 2 heterocycles. The molecule has 4 aromatic rings. The maximum Gasteiger partial charge on any atom is 0.336 e. The molecule has 0 aliphatic rings. The molecule has 0 spiro atoms. The fourth-order valence-electron chi connectivity index (χ4n) is 3.69. The first-order valence-electron chi connectivity index (χ1n) is 10.2. The van der Waals surface area contributed by atoms with Crippen LogP contribution in [0.1, 0.15) is 18.1 Å². The smallest absolute Gasteiger partial charge is 0.326 e. The van der Waals surface area contributed by atoms with Crippen LogP contribution in [0.5, 0.6) is 0 Å². The van der Waals surface area contributed by atoms with Crippen molar-refractivity contribution in [2.45, 2.75) is 27.3 Å². The van der Waals surface area contributed by atoms with E-state index in [0.29, 0.717) is 27.3 Å². The first-order chi connectivity index (χ1) is 15.7. The summed E-state index contributed by atoms with van der Waals surface area (Å²) < 4.78 is 2.85. The van der Waals surface area contributed by atoms with Crippen LogP contribution < -0.4 is 21.9 Å². The zero-order valence-electron chi connectivity index (χ0n) is 18.3. The minimum Gasteiger partial charge on any atom is -0.326 e. The summed E-state index contributed by atoms with van der Waals surface area (Å²) in [7, 11) is 0. The van der Waals surface area contributed by atoms with E-state index < -0.39 is 17.2 Å². The summed E-state index contributed by atoms with van der Waals surface area (Å²) in [5.74, 6) is -0.604. The number of hydrogen-bond donors (Lipinski definition) is 2. The first-order valence-corrected chi connectivity index (χ1v) is 11.1. The molecular formula is C24H22N4O4S. The molecule has 0 saturated heterocycles. The Kier molecular flexibility index (Phi) is 5.97. The molecule has 0 bridgehead atoms. The normalized spacial score (nSPS) is 10.9. The molecule has 0 unspecified atom stereocenters. The number of benzene rings is 2. The Hall–Kier alpha value is -3.98. The second-order valence-corrected chi connectivity index (χ2v) is 8.66. The molecule has 9 heteroatoms. The largest absolute Gasteiger partial charge is 0.336 e. The van der Waals surface area contributed by atoms with Gasteiger partial charge in [-0.1, -0.05) is 17.7 Å². The van der Waals surface area contributed by atoms with E-state index >= 15 is 0 Å². The minimum atomic E-state index is -0.575. The van der Waals surface area contributed by atoms with Crippen LogP contribution in [0.25, 0.3) is 15.9 Å². The SMILES string of the molecule is CC(=O)Nc1ccc(NC(=O)Cn2c(=O)n(-c3ccc(C)cc3C)c(=O)c3sccc32)cc1. The third kappa shape index (κ3) is 4.49. The highest BCUT2D eigenvalue weighted by Crippen LogP contribution is 2.19. The number of carbonyl (C=O) groups is 2. The lowest BCUT2D eigenvalue weighted by atomic mass is 10.1. The van der Waals surface area contributed by atoms with Crippen molar-refractivity contribution in [3.05, 3.63) is 85.9 Å². The Labute approximate surface area is 193 Å². The summed E-state index contributed by atoms with van der Waals surface area (Å²) in [6.07, 6.45) is 0. The van der Waals surface area contributed by atoms with Crippen molar-refractivity contribution < 1.29 is 9.59 Å². The van der Waals surface area contributed by atoms with Crippen LogP contribution >= 0.6 is 11.3 Å². The Morgan fingerprint density at radius 1 is 0.939 bits per heavy atom. The number of aryl methyl sites for hydroxylation is 2. The van der Waals surface area contributed by atoms with Crippen LogP contribution in [0, 0.1) is 13.8 Å². The zero-order chi connectivity index (χ0) is 23.7. The van der Waals surface area contributed by atoms with E-state index in [1.807, 2.05) is 26.0 Å². The number of nitrogens with one attached hydrogen (secondary N) is 2. The van der Waals surface area contributed by atoms with Crippen molar-refractivity contribution in [1.29, 1.82) is 0 Å². The third-order valence-corrected chi connectivity index (χ3v) is 6.03. The van der Waals surface area contributed by atoms with Crippen LogP contribution in [-0.2, 0) is 16.1 Å². The molecule has 2 aromatic heterocycles. The second kappa shape index (κ2) is 8.87. The summed E-state index contributed by atoms with van der Waals surface area (Å²) in [5.41, 5.74) is 2.88. The molecule has 2 N–H and O–H groups in total. The molecule has 0 atom stereocenters. The van der Waals surface area contributed by atoms with Crippen molar-refractivity contribution in [3.8, 4) is 5.69 Å². The summed E-state index contributed by atoms with van der Waals surface area (Å²) in [4.78, 5) is 50.4. The van der Waals surface area contributed by atoms with Gasteiger partial charge in [-0.15, -0.1) is 11.3 Å². The lowest BCUT2D eigenvalue weighted by Crippen LogP contribution is -2.40. The summed E-state index contributed by atoms with van der Waals surface area (Å²) >= 11 is 1.23. The summed E-state index contributed by atoms with van der Waals surface area (Å²) in [6, 6.07) is 13.8. The highest BCUT2D eigenvalue weighted by molar-refractivity contribution is 7.17. The van der Waals surface area contributed by atoms with Gasteiger partial charge in [-0.05, 0) is 61.2 Å². The van der Waals surface area contributed by atoms with Gasteiger partial charge in [-0.3, -0.25) is 19.0 Å². The number of fused-ring (bicyclic) bond motifs is 1. The maximum atomic E-state index is 13.4. The van der Waals surface area contributed by atoms with E-state index in [-0.39, 0.29) is 12.5 Å². The van der Waals surface area contributed by atoms with Crippen molar-refractivity contribution >= 4 is 44.7 Å². The molecule has 168 valence electrons. The highest BCUT2D eigenvalue weighted by atomic mass is 32.1. The van der Waals surface area contributed by atoms with Crippen LogP contribution in [0.2, 0.25) is 0 Å². The molecule has 0 saturated carbocycles. The van der Waals surface area contributed by atoms with Crippen LogP contribution in [0.4, 0.5) is 11.4 Å². The fourth-order valence-corrected chi connectivity index (χ4v) is 4.52. The Bertz CT molecular complexity index is 1500. The molecule has 8 nitrogen and oxygen atoms in total. The first kappa shape index (κ1) is 22.2. The van der Waals surface area contributed by atoms with E-state index in [4.69, 9.17) is 0 Å². The second-order valence-electron chi connectivity index (χ2n) is 7.74. The van der Waals surface area contributed by atoms with Crippen LogP contribution in [-0.4, -0.2) is 20.9 Å². The van der Waals surface area contributed by atoms with E-state index in [0.717, 1.165) is 15.7 Å². The summed E-state index contributed by atoms with van der Waals surface area (Å²) in [5, 5.41) is 7.14. The van der Waals surface area contributed by atoms with Crippen LogP contribution in [0.3, 0.4) is 0 Å². The minimum absolute atomic E-state index is 0.190. The van der Waals surface area contributed by atoms with Gasteiger partial charge in [0.2, 0.25) is 11.8 Å². The van der Waals surface area contributed by atoms with Crippen molar-refractivity contribution in [2.24, 2.45) is 0 Å². The molecule has 2 amide bonds. The predicted molar refractivity (Wildman–Crippen MR) is 131 cm³/mol. The van der Waals surface area contributed by atoms with Gasteiger partial charge < -0.3 is 10.6 Å². The van der Waals surface area contributed by atoms with E-state index in [1.165, 1.54) is 22.8 Å². The van der Waals surface area contributed by atoms with Crippen molar-refractivity contribution in [1.82, 2.24) is 9.13 Å². The average molecular weight is 463 g/mol. The number of rotatable bonds is 5. The van der Waals surface area contributed by atoms with Gasteiger partial charge in [-0.25, -0.2) is 9.36 Å². The number of nitrogens with zero attached hydrogens (tertiary/aromatic N) is 2. The van der Waals surface area contributed by atoms with E-state index in [2.05, 4.69) is 10.6 Å². The lowest BCUT2D eigenvalue weighted by molar-refractivity contribution is -0.117. The molecule has 33 heavy (non-hydrogen) atoms. The maximum absolute atomic E-state index is 13.4. The number of amides is 2. The van der Waals surface area contributed by atoms with Gasteiger partial charge in [0.1, 0.15) is 11.2 Å². The molecule has 0 radical (unpaired) electrons. The number of anilines is 2.